The number of hydrogen-bond donors (Lipinski definition) is 1. The largest absolute Gasteiger partial charge is 0.367 e. The molecule has 3 nitrogen and oxygen atoms in total. The van der Waals surface area contributed by atoms with Crippen molar-refractivity contribution in [1.82, 2.24) is 9.97 Å². The van der Waals surface area contributed by atoms with Crippen molar-refractivity contribution < 1.29 is 0 Å². The van der Waals surface area contributed by atoms with Crippen LogP contribution in [-0.4, -0.2) is 22.3 Å². The number of rotatable bonds is 2. The fraction of sp³-hybridized carbons (Fsp3) is 0.556. The van der Waals surface area contributed by atoms with E-state index in [1.807, 2.05) is 6.26 Å². The Bertz CT molecular complexity index is 356. The molecule has 1 aromatic heterocycles. The highest BCUT2D eigenvalue weighted by atomic mass is 35.5. The highest BCUT2D eigenvalue weighted by Crippen LogP contribution is 2.32. The summed E-state index contributed by atoms with van der Waals surface area (Å²) in [5.41, 5.74) is 1.22. The molecule has 0 aromatic carbocycles. The molecule has 76 valence electrons. The van der Waals surface area contributed by atoms with Gasteiger partial charge < -0.3 is 5.32 Å². The van der Waals surface area contributed by atoms with Gasteiger partial charge in [0.15, 0.2) is 0 Å². The van der Waals surface area contributed by atoms with Crippen LogP contribution in [0.3, 0.4) is 0 Å². The van der Waals surface area contributed by atoms with Crippen LogP contribution in [0, 0.1) is 0 Å². The molecule has 0 aliphatic carbocycles. The number of anilines is 1. The van der Waals surface area contributed by atoms with E-state index in [0.717, 1.165) is 23.7 Å². The Labute approximate surface area is 92.7 Å². The van der Waals surface area contributed by atoms with Crippen molar-refractivity contribution in [3.8, 4) is 0 Å². The van der Waals surface area contributed by atoms with E-state index in [4.69, 9.17) is 11.6 Å². The van der Waals surface area contributed by atoms with Gasteiger partial charge in [0.05, 0.1) is 0 Å². The number of nitrogens with zero attached hydrogens (tertiary/aromatic N) is 2. The van der Waals surface area contributed by atoms with Crippen molar-refractivity contribution in [2.24, 2.45) is 0 Å². The number of hydrogen-bond acceptors (Lipinski definition) is 4. The van der Waals surface area contributed by atoms with Gasteiger partial charge >= 0.3 is 0 Å². The SMILES string of the molecule is CCC1Cc2c(nc(Cl)nc2SC)N1. The molecule has 0 bridgehead atoms. The van der Waals surface area contributed by atoms with Crippen LogP contribution in [0.4, 0.5) is 5.82 Å². The van der Waals surface area contributed by atoms with E-state index in [0.29, 0.717) is 11.3 Å². The van der Waals surface area contributed by atoms with Gasteiger partial charge in [0.1, 0.15) is 10.8 Å². The van der Waals surface area contributed by atoms with Crippen LogP contribution < -0.4 is 5.32 Å². The molecule has 5 heteroatoms. The molecular formula is C9H12ClN3S. The molecular weight excluding hydrogens is 218 g/mol. The van der Waals surface area contributed by atoms with Crippen LogP contribution in [-0.2, 0) is 6.42 Å². The topological polar surface area (TPSA) is 37.8 Å². The maximum absolute atomic E-state index is 5.82. The fourth-order valence-electron chi connectivity index (χ4n) is 1.65. The highest BCUT2D eigenvalue weighted by Gasteiger charge is 2.24. The third-order valence-electron chi connectivity index (χ3n) is 2.42. The van der Waals surface area contributed by atoms with Gasteiger partial charge in [-0.15, -0.1) is 11.8 Å². The smallest absolute Gasteiger partial charge is 0.225 e. The zero-order valence-corrected chi connectivity index (χ0v) is 9.74. The van der Waals surface area contributed by atoms with Crippen molar-refractivity contribution in [3.63, 3.8) is 0 Å². The lowest BCUT2D eigenvalue weighted by Crippen LogP contribution is -2.13. The average Bonchev–Trinajstić information content (AvgIpc) is 2.59. The molecule has 1 unspecified atom stereocenters. The molecule has 1 aliphatic heterocycles. The lowest BCUT2D eigenvalue weighted by Gasteiger charge is -2.05. The summed E-state index contributed by atoms with van der Waals surface area (Å²) >= 11 is 7.45. The minimum atomic E-state index is 0.331. The number of fused-ring (bicyclic) bond motifs is 1. The Balaban J connectivity index is 2.40. The molecule has 0 saturated carbocycles. The molecule has 14 heavy (non-hydrogen) atoms. The zero-order valence-electron chi connectivity index (χ0n) is 8.17. The first-order chi connectivity index (χ1) is 6.74. The monoisotopic (exact) mass is 229 g/mol. The molecule has 2 heterocycles. The van der Waals surface area contributed by atoms with Crippen molar-refractivity contribution in [2.45, 2.75) is 30.8 Å². The summed E-state index contributed by atoms with van der Waals surface area (Å²) < 4.78 is 0. The summed E-state index contributed by atoms with van der Waals surface area (Å²) in [6.07, 6.45) is 4.12. The molecule has 1 aliphatic rings. The quantitative estimate of drug-likeness (QED) is 0.481. The summed E-state index contributed by atoms with van der Waals surface area (Å²) in [4.78, 5) is 8.40. The summed E-state index contributed by atoms with van der Waals surface area (Å²) in [6.45, 7) is 2.16. The lowest BCUT2D eigenvalue weighted by molar-refractivity contribution is 0.717. The normalized spacial score (nSPS) is 19.2. The first-order valence-corrected chi connectivity index (χ1v) is 6.21. The van der Waals surface area contributed by atoms with Gasteiger partial charge in [-0.25, -0.2) is 9.97 Å². The maximum Gasteiger partial charge on any atom is 0.225 e. The third kappa shape index (κ3) is 1.68. The molecule has 1 N–H and O–H groups in total. The minimum absolute atomic E-state index is 0.331. The van der Waals surface area contributed by atoms with E-state index in [1.165, 1.54) is 5.56 Å². The van der Waals surface area contributed by atoms with Crippen molar-refractivity contribution in [1.29, 1.82) is 0 Å². The van der Waals surface area contributed by atoms with E-state index < -0.39 is 0 Å². The molecule has 1 atom stereocenters. The van der Waals surface area contributed by atoms with Gasteiger partial charge in [0.25, 0.3) is 0 Å². The van der Waals surface area contributed by atoms with Crippen molar-refractivity contribution >= 4 is 29.2 Å². The summed E-state index contributed by atoms with van der Waals surface area (Å²) in [5, 5.41) is 4.68. The Hall–Kier alpha value is -0.480. The van der Waals surface area contributed by atoms with Crippen LogP contribution in [0.1, 0.15) is 18.9 Å². The van der Waals surface area contributed by atoms with E-state index in [1.54, 1.807) is 11.8 Å². The van der Waals surface area contributed by atoms with Gasteiger partial charge in [0, 0.05) is 11.6 Å². The lowest BCUT2D eigenvalue weighted by atomic mass is 10.1. The predicted octanol–water partition coefficient (Wildman–Crippen LogP) is 2.60. The zero-order chi connectivity index (χ0) is 10.1. The summed E-state index contributed by atoms with van der Waals surface area (Å²) in [7, 11) is 0. The van der Waals surface area contributed by atoms with E-state index in [9.17, 15) is 0 Å². The number of thioether (sulfide) groups is 1. The maximum atomic E-state index is 5.82. The molecule has 0 fully saturated rings. The molecule has 0 saturated heterocycles. The highest BCUT2D eigenvalue weighted by molar-refractivity contribution is 7.98. The van der Waals surface area contributed by atoms with Crippen molar-refractivity contribution in [3.05, 3.63) is 10.8 Å². The van der Waals surface area contributed by atoms with Crippen LogP contribution in [0.5, 0.6) is 0 Å². The van der Waals surface area contributed by atoms with Crippen LogP contribution in [0.2, 0.25) is 5.28 Å². The van der Waals surface area contributed by atoms with Crippen molar-refractivity contribution in [2.75, 3.05) is 11.6 Å². The number of nitrogens with one attached hydrogen (secondary N) is 1. The Morgan fingerprint density at radius 2 is 2.36 bits per heavy atom. The predicted molar refractivity (Wildman–Crippen MR) is 60.2 cm³/mol. The molecule has 2 rings (SSSR count). The molecule has 0 radical (unpaired) electrons. The Morgan fingerprint density at radius 3 is 3.00 bits per heavy atom. The summed E-state index contributed by atoms with van der Waals surface area (Å²) in [5.74, 6) is 0.918. The van der Waals surface area contributed by atoms with Gasteiger partial charge in [-0.1, -0.05) is 6.92 Å². The minimum Gasteiger partial charge on any atom is -0.367 e. The third-order valence-corrected chi connectivity index (χ3v) is 3.31. The van der Waals surface area contributed by atoms with Crippen LogP contribution in [0.15, 0.2) is 5.03 Å². The number of aromatic nitrogens is 2. The molecule has 0 amide bonds. The Kier molecular flexibility index (Phi) is 2.83. The molecule has 0 spiro atoms. The molecule has 1 aromatic rings. The van der Waals surface area contributed by atoms with Gasteiger partial charge in [0.2, 0.25) is 5.28 Å². The number of halogens is 1. The first-order valence-electron chi connectivity index (χ1n) is 4.61. The second-order valence-corrected chi connectivity index (χ2v) is 4.42. The van der Waals surface area contributed by atoms with E-state index in [-0.39, 0.29) is 0 Å². The van der Waals surface area contributed by atoms with Gasteiger partial charge in [-0.3, -0.25) is 0 Å². The summed E-state index contributed by atoms with van der Waals surface area (Å²) in [6, 6.07) is 0.490. The fourth-order valence-corrected chi connectivity index (χ4v) is 2.47. The Morgan fingerprint density at radius 1 is 1.57 bits per heavy atom. The van der Waals surface area contributed by atoms with Crippen LogP contribution >= 0.6 is 23.4 Å². The standard InChI is InChI=1S/C9H12ClN3S/c1-3-5-4-6-7(11-5)12-9(10)13-8(6)14-2/h5H,3-4H2,1-2H3,(H,11,12,13). The second-order valence-electron chi connectivity index (χ2n) is 3.28. The average molecular weight is 230 g/mol. The van der Waals surface area contributed by atoms with E-state index in [2.05, 4.69) is 22.2 Å². The van der Waals surface area contributed by atoms with Gasteiger partial charge in [-0.2, -0.15) is 0 Å². The van der Waals surface area contributed by atoms with Crippen LogP contribution in [0.25, 0.3) is 0 Å². The second kappa shape index (κ2) is 3.95. The first kappa shape index (κ1) is 10.1. The van der Waals surface area contributed by atoms with E-state index >= 15 is 0 Å². The van der Waals surface area contributed by atoms with Gasteiger partial charge in [-0.05, 0) is 30.7 Å².